The molecule has 0 aliphatic heterocycles. The van der Waals surface area contributed by atoms with Gasteiger partial charge in [-0.2, -0.15) is 5.10 Å². The fraction of sp³-hybridized carbons (Fsp3) is 0. The predicted molar refractivity (Wildman–Crippen MR) is 66.8 cm³/mol. The average Bonchev–Trinajstić information content (AvgIpc) is 2.94. The van der Waals surface area contributed by atoms with Gasteiger partial charge in [-0.05, 0) is 23.3 Å². The summed E-state index contributed by atoms with van der Waals surface area (Å²) in [4.78, 5) is 3.95. The third kappa shape index (κ3) is 1.95. The van der Waals surface area contributed by atoms with Crippen LogP contribution in [0.2, 0.25) is 0 Å². The summed E-state index contributed by atoms with van der Waals surface area (Å²) in [5.74, 6) is 0. The fourth-order valence-corrected chi connectivity index (χ4v) is 1.80. The molecule has 0 amide bonds. The molecular formula is C14H11N3. The Morgan fingerprint density at radius 3 is 2.41 bits per heavy atom. The van der Waals surface area contributed by atoms with Crippen LogP contribution >= 0.6 is 0 Å². The van der Waals surface area contributed by atoms with Gasteiger partial charge in [-0.25, -0.2) is 9.67 Å². The van der Waals surface area contributed by atoms with E-state index in [9.17, 15) is 0 Å². The Bertz CT molecular complexity index is 600. The van der Waals surface area contributed by atoms with E-state index in [0.29, 0.717) is 0 Å². The molecule has 0 spiro atoms. The molecule has 3 rings (SSSR count). The Balaban J connectivity index is 2.06. The molecule has 0 unspecified atom stereocenters. The first-order chi connectivity index (χ1) is 8.43. The molecule has 0 aliphatic rings. The van der Waals surface area contributed by atoms with E-state index in [0.717, 1.165) is 5.69 Å². The highest BCUT2D eigenvalue weighted by atomic mass is 15.3. The van der Waals surface area contributed by atoms with Crippen LogP contribution in [0.15, 0.2) is 67.3 Å². The molecule has 3 heteroatoms. The Hall–Kier alpha value is -2.42. The van der Waals surface area contributed by atoms with Crippen LogP contribution in [0.3, 0.4) is 0 Å². The number of rotatable bonds is 2. The van der Waals surface area contributed by atoms with Crippen molar-refractivity contribution in [3.63, 3.8) is 0 Å². The van der Waals surface area contributed by atoms with Gasteiger partial charge < -0.3 is 0 Å². The van der Waals surface area contributed by atoms with Gasteiger partial charge in [-0.15, -0.1) is 0 Å². The van der Waals surface area contributed by atoms with E-state index < -0.39 is 0 Å². The molecule has 82 valence electrons. The maximum Gasteiger partial charge on any atom is 0.138 e. The molecule has 1 aromatic heterocycles. The minimum atomic E-state index is 1.02. The molecule has 0 aliphatic carbocycles. The van der Waals surface area contributed by atoms with Crippen LogP contribution in [0.5, 0.6) is 0 Å². The van der Waals surface area contributed by atoms with E-state index in [2.05, 4.69) is 34.3 Å². The zero-order valence-electron chi connectivity index (χ0n) is 9.19. The second-order valence-electron chi connectivity index (χ2n) is 3.76. The van der Waals surface area contributed by atoms with Crippen LogP contribution in [0, 0.1) is 0 Å². The maximum absolute atomic E-state index is 4.13. The van der Waals surface area contributed by atoms with Gasteiger partial charge in [0.1, 0.15) is 12.7 Å². The summed E-state index contributed by atoms with van der Waals surface area (Å²) in [5.41, 5.74) is 3.40. The van der Waals surface area contributed by atoms with Crippen LogP contribution in [-0.4, -0.2) is 14.8 Å². The quantitative estimate of drug-likeness (QED) is 0.666. The lowest BCUT2D eigenvalue weighted by Gasteiger charge is -2.04. The van der Waals surface area contributed by atoms with Gasteiger partial charge in [0.25, 0.3) is 0 Å². The molecular weight excluding hydrogens is 210 g/mol. The lowest BCUT2D eigenvalue weighted by Crippen LogP contribution is -1.94. The van der Waals surface area contributed by atoms with E-state index in [1.807, 2.05) is 30.3 Å². The molecule has 0 bridgehead atoms. The second kappa shape index (κ2) is 4.22. The Labute approximate surface area is 99.4 Å². The van der Waals surface area contributed by atoms with Crippen LogP contribution in [0.4, 0.5) is 0 Å². The number of hydrogen-bond donors (Lipinski definition) is 0. The standard InChI is InChI=1S/C14H11N3/c1-2-5-12(6-3-1)13-7-4-8-14(9-13)17-11-15-10-16-17/h1-11H. The van der Waals surface area contributed by atoms with Gasteiger partial charge in [0.05, 0.1) is 5.69 Å². The highest BCUT2D eigenvalue weighted by molar-refractivity contribution is 5.65. The zero-order chi connectivity index (χ0) is 11.5. The van der Waals surface area contributed by atoms with Crippen LogP contribution < -0.4 is 0 Å². The zero-order valence-corrected chi connectivity index (χ0v) is 9.19. The molecule has 3 nitrogen and oxygen atoms in total. The van der Waals surface area contributed by atoms with Gasteiger partial charge in [-0.3, -0.25) is 0 Å². The summed E-state index contributed by atoms with van der Waals surface area (Å²) in [6.07, 6.45) is 3.24. The van der Waals surface area contributed by atoms with Crippen molar-refractivity contribution < 1.29 is 0 Å². The molecule has 3 aromatic rings. The molecule has 0 saturated carbocycles. The summed E-state index contributed by atoms with van der Waals surface area (Å²) in [6.45, 7) is 0. The summed E-state index contributed by atoms with van der Waals surface area (Å²) in [5, 5.41) is 4.13. The predicted octanol–water partition coefficient (Wildman–Crippen LogP) is 2.93. The van der Waals surface area contributed by atoms with Gasteiger partial charge >= 0.3 is 0 Å². The molecule has 17 heavy (non-hydrogen) atoms. The molecule has 1 heterocycles. The number of benzene rings is 2. The molecule has 0 saturated heterocycles. The van der Waals surface area contributed by atoms with Gasteiger partial charge in [0.15, 0.2) is 0 Å². The topological polar surface area (TPSA) is 30.7 Å². The summed E-state index contributed by atoms with van der Waals surface area (Å²) >= 11 is 0. The smallest absolute Gasteiger partial charge is 0.138 e. The van der Waals surface area contributed by atoms with Crippen molar-refractivity contribution in [2.24, 2.45) is 0 Å². The normalized spacial score (nSPS) is 10.4. The summed E-state index contributed by atoms with van der Waals surface area (Å²) in [6, 6.07) is 18.5. The SMILES string of the molecule is c1ccc(-c2cccc(-n3cncn3)c2)cc1. The molecule has 0 atom stereocenters. The fourth-order valence-electron chi connectivity index (χ4n) is 1.80. The first kappa shape index (κ1) is 9.78. The van der Waals surface area contributed by atoms with Crippen molar-refractivity contribution in [3.05, 3.63) is 67.3 Å². The summed E-state index contributed by atoms with van der Waals surface area (Å²) < 4.78 is 1.76. The van der Waals surface area contributed by atoms with Crippen molar-refractivity contribution >= 4 is 0 Å². The minimum Gasteiger partial charge on any atom is -0.223 e. The minimum absolute atomic E-state index is 1.02. The Morgan fingerprint density at radius 2 is 1.65 bits per heavy atom. The van der Waals surface area contributed by atoms with E-state index in [4.69, 9.17) is 0 Å². The number of hydrogen-bond acceptors (Lipinski definition) is 2. The lowest BCUT2D eigenvalue weighted by molar-refractivity contribution is 0.879. The van der Waals surface area contributed by atoms with Crippen molar-refractivity contribution in [1.82, 2.24) is 14.8 Å². The molecule has 2 aromatic carbocycles. The van der Waals surface area contributed by atoms with Crippen LogP contribution in [-0.2, 0) is 0 Å². The monoisotopic (exact) mass is 221 g/mol. The van der Waals surface area contributed by atoms with Gasteiger partial charge in [0, 0.05) is 0 Å². The van der Waals surface area contributed by atoms with Gasteiger partial charge in [-0.1, -0.05) is 42.5 Å². The van der Waals surface area contributed by atoms with E-state index in [-0.39, 0.29) is 0 Å². The molecule has 0 fully saturated rings. The Morgan fingerprint density at radius 1 is 0.824 bits per heavy atom. The van der Waals surface area contributed by atoms with Crippen molar-refractivity contribution in [2.45, 2.75) is 0 Å². The largest absolute Gasteiger partial charge is 0.223 e. The summed E-state index contributed by atoms with van der Waals surface area (Å²) in [7, 11) is 0. The first-order valence-electron chi connectivity index (χ1n) is 5.44. The van der Waals surface area contributed by atoms with E-state index in [1.54, 1.807) is 11.0 Å². The second-order valence-corrected chi connectivity index (χ2v) is 3.76. The van der Waals surface area contributed by atoms with Crippen molar-refractivity contribution in [2.75, 3.05) is 0 Å². The van der Waals surface area contributed by atoms with Gasteiger partial charge in [0.2, 0.25) is 0 Å². The third-order valence-corrected chi connectivity index (χ3v) is 2.64. The highest BCUT2D eigenvalue weighted by Crippen LogP contribution is 2.21. The first-order valence-corrected chi connectivity index (χ1v) is 5.44. The van der Waals surface area contributed by atoms with Crippen LogP contribution in [0.25, 0.3) is 16.8 Å². The van der Waals surface area contributed by atoms with E-state index in [1.165, 1.54) is 17.5 Å². The molecule has 0 N–H and O–H groups in total. The number of nitrogens with zero attached hydrogens (tertiary/aromatic N) is 3. The Kier molecular flexibility index (Phi) is 2.43. The molecule has 0 radical (unpaired) electrons. The highest BCUT2D eigenvalue weighted by Gasteiger charge is 2.00. The van der Waals surface area contributed by atoms with Crippen molar-refractivity contribution in [1.29, 1.82) is 0 Å². The maximum atomic E-state index is 4.13. The third-order valence-electron chi connectivity index (χ3n) is 2.64. The van der Waals surface area contributed by atoms with E-state index >= 15 is 0 Å². The van der Waals surface area contributed by atoms with Crippen molar-refractivity contribution in [3.8, 4) is 16.8 Å². The number of aromatic nitrogens is 3. The van der Waals surface area contributed by atoms with Crippen LogP contribution in [0.1, 0.15) is 0 Å². The lowest BCUT2D eigenvalue weighted by atomic mass is 10.1. The average molecular weight is 221 g/mol.